The zero-order chi connectivity index (χ0) is 16.1. The van der Waals surface area contributed by atoms with Gasteiger partial charge in [0.2, 0.25) is 5.50 Å². The molecule has 2 aromatic heterocycles. The van der Waals surface area contributed by atoms with Crippen molar-refractivity contribution in [3.05, 3.63) is 35.4 Å². The van der Waals surface area contributed by atoms with Crippen LogP contribution >= 0.6 is 19.2 Å². The number of imidazole rings is 1. The lowest BCUT2D eigenvalue weighted by Gasteiger charge is -2.11. The smallest absolute Gasteiger partial charge is 0.391 e. The van der Waals surface area contributed by atoms with Crippen LogP contribution in [0.25, 0.3) is 22.6 Å². The van der Waals surface area contributed by atoms with Gasteiger partial charge in [0.15, 0.2) is 11.6 Å². The van der Waals surface area contributed by atoms with Crippen molar-refractivity contribution in [1.82, 2.24) is 9.55 Å². The highest BCUT2D eigenvalue weighted by Crippen LogP contribution is 2.36. The first-order chi connectivity index (χ1) is 10.3. The van der Waals surface area contributed by atoms with Gasteiger partial charge in [-0.1, -0.05) is 11.6 Å². The summed E-state index contributed by atoms with van der Waals surface area (Å²) >= 11 is 5.99. The molecular weight excluding hydrogens is 327 g/mol. The van der Waals surface area contributed by atoms with E-state index < -0.39 is 7.60 Å². The first-order valence-electron chi connectivity index (χ1n) is 6.61. The lowest BCUT2D eigenvalue weighted by atomic mass is 10.3. The molecule has 3 rings (SSSR count). The van der Waals surface area contributed by atoms with Crippen molar-refractivity contribution >= 4 is 35.7 Å². The minimum absolute atomic E-state index is 0.0878. The summed E-state index contributed by atoms with van der Waals surface area (Å²) in [6, 6.07) is 8.25. The van der Waals surface area contributed by atoms with Crippen molar-refractivity contribution in [2.75, 3.05) is 0 Å². The molecule has 0 aliphatic rings. The van der Waals surface area contributed by atoms with Gasteiger partial charge in [-0.15, -0.1) is 0 Å². The third-order valence-electron chi connectivity index (χ3n) is 3.27. The Hall–Kier alpha value is -1.59. The zero-order valence-electron chi connectivity index (χ0n) is 11.9. The third kappa shape index (κ3) is 2.59. The largest absolute Gasteiger partial charge is 0.445 e. The monoisotopic (exact) mass is 340 g/mol. The van der Waals surface area contributed by atoms with Crippen molar-refractivity contribution < 1.29 is 18.8 Å². The van der Waals surface area contributed by atoms with Crippen molar-refractivity contribution in [3.63, 3.8) is 0 Å². The van der Waals surface area contributed by atoms with Gasteiger partial charge in [-0.2, -0.15) is 0 Å². The van der Waals surface area contributed by atoms with Gasteiger partial charge in [-0.3, -0.25) is 4.57 Å². The van der Waals surface area contributed by atoms with Crippen molar-refractivity contribution in [1.29, 1.82) is 0 Å². The molecule has 8 heteroatoms. The van der Waals surface area contributed by atoms with E-state index >= 15 is 0 Å². The molecule has 0 aliphatic carbocycles. The molecule has 0 aliphatic heterocycles. The molecule has 0 saturated heterocycles. The molecule has 6 nitrogen and oxygen atoms in total. The molecule has 1 aromatic carbocycles. The fraction of sp³-hybridized carbons (Fsp3) is 0.214. The number of halogens is 1. The van der Waals surface area contributed by atoms with Gasteiger partial charge in [-0.25, -0.2) is 4.98 Å². The van der Waals surface area contributed by atoms with E-state index in [1.165, 1.54) is 12.1 Å². The first kappa shape index (κ1) is 15.3. The number of aromatic nitrogens is 2. The molecule has 0 amide bonds. The molecule has 22 heavy (non-hydrogen) atoms. The molecular formula is C14H14ClN2O4P. The lowest BCUT2D eigenvalue weighted by Crippen LogP contribution is -2.03. The van der Waals surface area contributed by atoms with E-state index in [0.717, 1.165) is 5.52 Å². The quantitative estimate of drug-likeness (QED) is 0.714. The Bertz CT molecular complexity index is 894. The zero-order valence-corrected chi connectivity index (χ0v) is 13.5. The Morgan fingerprint density at radius 3 is 2.59 bits per heavy atom. The highest BCUT2D eigenvalue weighted by molar-refractivity contribution is 7.59. The summed E-state index contributed by atoms with van der Waals surface area (Å²) in [5.41, 5.74) is 1.21. The number of rotatable bonds is 3. The summed E-state index contributed by atoms with van der Waals surface area (Å²) in [4.78, 5) is 22.8. The molecule has 116 valence electrons. The fourth-order valence-corrected chi connectivity index (χ4v) is 3.03. The molecule has 0 fully saturated rings. The predicted molar refractivity (Wildman–Crippen MR) is 84.5 cm³/mol. The van der Waals surface area contributed by atoms with Crippen LogP contribution in [0.15, 0.2) is 34.7 Å². The maximum Gasteiger partial charge on any atom is 0.391 e. The lowest BCUT2D eigenvalue weighted by molar-refractivity contribution is 0.377. The fourth-order valence-electron chi connectivity index (χ4n) is 2.37. The molecule has 2 heterocycles. The van der Waals surface area contributed by atoms with E-state index in [1.54, 1.807) is 12.1 Å². The Morgan fingerprint density at radius 2 is 2.00 bits per heavy atom. The van der Waals surface area contributed by atoms with Gasteiger partial charge in [0, 0.05) is 11.1 Å². The van der Waals surface area contributed by atoms with Gasteiger partial charge in [0.05, 0.1) is 11.0 Å². The van der Waals surface area contributed by atoms with Crippen molar-refractivity contribution in [2.45, 2.75) is 19.9 Å². The van der Waals surface area contributed by atoms with Gasteiger partial charge >= 0.3 is 7.60 Å². The average molecular weight is 341 g/mol. The van der Waals surface area contributed by atoms with Crippen LogP contribution in [0.5, 0.6) is 0 Å². The summed E-state index contributed by atoms with van der Waals surface area (Å²) in [6.45, 7) is 3.98. The Labute approximate surface area is 131 Å². The molecule has 0 spiro atoms. The van der Waals surface area contributed by atoms with Crippen LogP contribution < -0.4 is 5.50 Å². The minimum Gasteiger partial charge on any atom is -0.445 e. The highest BCUT2D eigenvalue weighted by Gasteiger charge is 2.24. The number of benzene rings is 1. The second kappa shape index (κ2) is 5.25. The van der Waals surface area contributed by atoms with Crippen LogP contribution in [0.4, 0.5) is 0 Å². The Balaban J connectivity index is 2.24. The SMILES string of the molecule is CC(C)n1c(-c2ccc(P(=O)(O)O)o2)nc2cc(Cl)ccc21. The van der Waals surface area contributed by atoms with Gasteiger partial charge < -0.3 is 18.8 Å². The second-order valence-corrected chi connectivity index (χ2v) is 7.18. The molecule has 2 N–H and O–H groups in total. The summed E-state index contributed by atoms with van der Waals surface area (Å²) in [7, 11) is -4.42. The van der Waals surface area contributed by atoms with Crippen LogP contribution in [-0.2, 0) is 4.57 Å². The molecule has 0 radical (unpaired) electrons. The summed E-state index contributed by atoms with van der Waals surface area (Å²) in [5, 5.41) is 0.572. The Kier molecular flexibility index (Phi) is 3.65. The van der Waals surface area contributed by atoms with Crippen LogP contribution in [0.3, 0.4) is 0 Å². The van der Waals surface area contributed by atoms with Crippen LogP contribution in [0, 0.1) is 0 Å². The molecule has 0 atom stereocenters. The molecule has 0 bridgehead atoms. The average Bonchev–Trinajstić information content (AvgIpc) is 3.00. The van der Waals surface area contributed by atoms with Crippen LogP contribution in [0.1, 0.15) is 19.9 Å². The maximum absolute atomic E-state index is 11.3. The third-order valence-corrected chi connectivity index (χ3v) is 4.32. The van der Waals surface area contributed by atoms with Gasteiger partial charge in [0.25, 0.3) is 0 Å². The van der Waals surface area contributed by atoms with Crippen LogP contribution in [-0.4, -0.2) is 19.3 Å². The van der Waals surface area contributed by atoms with Crippen molar-refractivity contribution in [2.24, 2.45) is 0 Å². The standard InChI is InChI=1S/C14H14ClN2O4P/c1-8(2)17-11-4-3-9(15)7-10(11)16-14(17)12-5-6-13(21-12)22(18,19)20/h3-8H,1-2H3,(H2,18,19,20). The molecule has 0 unspecified atom stereocenters. The maximum atomic E-state index is 11.3. The number of furan rings is 1. The summed E-state index contributed by atoms with van der Waals surface area (Å²) in [6.07, 6.45) is 0. The predicted octanol–water partition coefficient (Wildman–Crippen LogP) is 3.33. The van der Waals surface area contributed by atoms with Crippen LogP contribution in [0.2, 0.25) is 5.02 Å². The van der Waals surface area contributed by atoms with E-state index in [-0.39, 0.29) is 11.5 Å². The topological polar surface area (TPSA) is 88.5 Å². The summed E-state index contributed by atoms with van der Waals surface area (Å²) in [5.74, 6) is 0.811. The van der Waals surface area contributed by atoms with Gasteiger partial charge in [0.1, 0.15) is 0 Å². The first-order valence-corrected chi connectivity index (χ1v) is 8.60. The minimum atomic E-state index is -4.42. The van der Waals surface area contributed by atoms with E-state index in [1.807, 2.05) is 24.5 Å². The summed E-state index contributed by atoms with van der Waals surface area (Å²) < 4.78 is 18.5. The van der Waals surface area contributed by atoms with E-state index in [9.17, 15) is 14.4 Å². The number of hydrogen-bond acceptors (Lipinski definition) is 3. The van der Waals surface area contributed by atoms with Gasteiger partial charge in [-0.05, 0) is 44.2 Å². The molecule has 0 saturated carbocycles. The van der Waals surface area contributed by atoms with Crippen molar-refractivity contribution in [3.8, 4) is 11.6 Å². The Morgan fingerprint density at radius 1 is 1.27 bits per heavy atom. The second-order valence-electron chi connectivity index (χ2n) is 5.21. The molecule has 3 aromatic rings. The van der Waals surface area contributed by atoms with E-state index in [0.29, 0.717) is 22.1 Å². The number of hydrogen-bond donors (Lipinski definition) is 2. The highest BCUT2D eigenvalue weighted by atomic mass is 35.5. The van der Waals surface area contributed by atoms with E-state index in [2.05, 4.69) is 4.98 Å². The number of fused-ring (bicyclic) bond motifs is 1. The van der Waals surface area contributed by atoms with E-state index in [4.69, 9.17) is 16.0 Å². The normalized spacial score (nSPS) is 12.5. The number of nitrogens with zero attached hydrogens (tertiary/aromatic N) is 2.